The van der Waals surface area contributed by atoms with E-state index in [4.69, 9.17) is 9.84 Å². The Hall–Kier alpha value is -1.30. The Balaban J connectivity index is 2.27. The van der Waals surface area contributed by atoms with Gasteiger partial charge in [-0.2, -0.15) is 0 Å². The predicted molar refractivity (Wildman–Crippen MR) is 71.0 cm³/mol. The molecule has 6 heteroatoms. The van der Waals surface area contributed by atoms with E-state index in [-0.39, 0.29) is 17.9 Å². The van der Waals surface area contributed by atoms with Crippen LogP contribution < -0.4 is 5.32 Å². The zero-order valence-electron chi connectivity index (χ0n) is 11.7. The van der Waals surface area contributed by atoms with Crippen molar-refractivity contribution in [1.82, 2.24) is 10.2 Å². The molecule has 2 atom stereocenters. The first-order valence-electron chi connectivity index (χ1n) is 6.77. The average molecular weight is 272 g/mol. The van der Waals surface area contributed by atoms with Crippen molar-refractivity contribution in [3.05, 3.63) is 0 Å². The summed E-state index contributed by atoms with van der Waals surface area (Å²) >= 11 is 0. The first-order valence-corrected chi connectivity index (χ1v) is 6.77. The molecule has 0 aromatic carbocycles. The number of carbonyl (C=O) groups excluding carboxylic acids is 1. The van der Waals surface area contributed by atoms with Crippen LogP contribution in [0.1, 0.15) is 25.7 Å². The zero-order valence-corrected chi connectivity index (χ0v) is 11.7. The molecule has 19 heavy (non-hydrogen) atoms. The molecule has 0 spiro atoms. The van der Waals surface area contributed by atoms with Gasteiger partial charge < -0.3 is 20.1 Å². The molecule has 0 radical (unpaired) electrons. The quantitative estimate of drug-likeness (QED) is 0.682. The highest BCUT2D eigenvalue weighted by Crippen LogP contribution is 2.31. The SMILES string of the molecule is COCCCN(C)C(=O)NCC1CCCC1C(=O)O. The molecule has 2 N–H and O–H groups in total. The van der Waals surface area contributed by atoms with Crippen molar-refractivity contribution < 1.29 is 19.4 Å². The van der Waals surface area contributed by atoms with Crippen molar-refractivity contribution in [3.63, 3.8) is 0 Å². The van der Waals surface area contributed by atoms with Gasteiger partial charge in [-0.15, -0.1) is 0 Å². The van der Waals surface area contributed by atoms with Crippen LogP contribution in [-0.4, -0.2) is 55.9 Å². The van der Waals surface area contributed by atoms with Gasteiger partial charge in [0.1, 0.15) is 0 Å². The fourth-order valence-corrected chi connectivity index (χ4v) is 2.51. The molecular formula is C13H24N2O4. The minimum atomic E-state index is -0.745. The van der Waals surface area contributed by atoms with E-state index in [0.717, 1.165) is 25.7 Å². The molecule has 2 unspecified atom stereocenters. The van der Waals surface area contributed by atoms with E-state index in [9.17, 15) is 9.59 Å². The molecule has 1 saturated carbocycles. The van der Waals surface area contributed by atoms with Gasteiger partial charge in [-0.25, -0.2) is 4.79 Å². The van der Waals surface area contributed by atoms with E-state index in [1.54, 1.807) is 19.1 Å². The molecule has 0 aromatic rings. The van der Waals surface area contributed by atoms with E-state index in [2.05, 4.69) is 5.32 Å². The number of carbonyl (C=O) groups is 2. The minimum absolute atomic E-state index is 0.0637. The largest absolute Gasteiger partial charge is 0.481 e. The van der Waals surface area contributed by atoms with Crippen LogP contribution in [-0.2, 0) is 9.53 Å². The van der Waals surface area contributed by atoms with E-state index >= 15 is 0 Å². The monoisotopic (exact) mass is 272 g/mol. The predicted octanol–water partition coefficient (Wildman–Crippen LogP) is 1.17. The van der Waals surface area contributed by atoms with Gasteiger partial charge in [0.25, 0.3) is 0 Å². The molecule has 1 aliphatic carbocycles. The molecule has 0 aliphatic heterocycles. The summed E-state index contributed by atoms with van der Waals surface area (Å²) in [7, 11) is 3.36. The van der Waals surface area contributed by atoms with Gasteiger partial charge in [0.05, 0.1) is 5.92 Å². The van der Waals surface area contributed by atoms with Crippen molar-refractivity contribution in [2.75, 3.05) is 33.9 Å². The molecule has 6 nitrogen and oxygen atoms in total. The van der Waals surface area contributed by atoms with Crippen LogP contribution >= 0.6 is 0 Å². The first kappa shape index (κ1) is 15.8. The van der Waals surface area contributed by atoms with Crippen LogP contribution in [0.15, 0.2) is 0 Å². The molecule has 1 aliphatic rings. The molecule has 1 fully saturated rings. The maximum absolute atomic E-state index is 11.8. The summed E-state index contributed by atoms with van der Waals surface area (Å²) in [5, 5.41) is 11.9. The normalized spacial score (nSPS) is 22.2. The summed E-state index contributed by atoms with van der Waals surface area (Å²) in [4.78, 5) is 24.4. The molecule has 0 aromatic heterocycles. The highest BCUT2D eigenvalue weighted by Gasteiger charge is 2.32. The Labute approximate surface area is 114 Å². The Kier molecular flexibility index (Phi) is 6.62. The molecular weight excluding hydrogens is 248 g/mol. The van der Waals surface area contributed by atoms with Crippen molar-refractivity contribution in [1.29, 1.82) is 0 Å². The second-order valence-corrected chi connectivity index (χ2v) is 5.09. The molecule has 110 valence electrons. The lowest BCUT2D eigenvalue weighted by molar-refractivity contribution is -0.142. The Morgan fingerprint density at radius 3 is 2.79 bits per heavy atom. The van der Waals surface area contributed by atoms with E-state index in [1.165, 1.54) is 0 Å². The van der Waals surface area contributed by atoms with Crippen molar-refractivity contribution in [2.45, 2.75) is 25.7 Å². The van der Waals surface area contributed by atoms with Gasteiger partial charge in [-0.05, 0) is 25.2 Å². The summed E-state index contributed by atoms with van der Waals surface area (Å²) in [6.45, 7) is 1.71. The number of aliphatic carboxylic acids is 1. The Morgan fingerprint density at radius 2 is 2.16 bits per heavy atom. The number of nitrogens with one attached hydrogen (secondary N) is 1. The van der Waals surface area contributed by atoms with Crippen molar-refractivity contribution in [3.8, 4) is 0 Å². The molecule has 0 bridgehead atoms. The number of carboxylic acid groups (broad SMARTS) is 1. The van der Waals surface area contributed by atoms with Gasteiger partial charge in [0.2, 0.25) is 0 Å². The fourth-order valence-electron chi connectivity index (χ4n) is 2.51. The summed E-state index contributed by atoms with van der Waals surface area (Å²) in [6, 6.07) is -0.146. The second-order valence-electron chi connectivity index (χ2n) is 5.09. The molecule has 1 rings (SSSR count). The number of nitrogens with zero attached hydrogens (tertiary/aromatic N) is 1. The lowest BCUT2D eigenvalue weighted by Crippen LogP contribution is -2.41. The highest BCUT2D eigenvalue weighted by molar-refractivity contribution is 5.74. The number of ether oxygens (including phenoxy) is 1. The maximum Gasteiger partial charge on any atom is 0.317 e. The van der Waals surface area contributed by atoms with Crippen LogP contribution in [0.25, 0.3) is 0 Å². The third-order valence-electron chi connectivity index (χ3n) is 3.68. The van der Waals surface area contributed by atoms with Crippen molar-refractivity contribution >= 4 is 12.0 Å². The summed E-state index contributed by atoms with van der Waals surface area (Å²) in [5.41, 5.74) is 0. The standard InChI is InChI=1S/C13H24N2O4/c1-15(7-4-8-19-2)13(18)14-9-10-5-3-6-11(10)12(16)17/h10-11H,3-9H2,1-2H3,(H,14,18)(H,16,17). The zero-order chi connectivity index (χ0) is 14.3. The van der Waals surface area contributed by atoms with Crippen molar-refractivity contribution in [2.24, 2.45) is 11.8 Å². The lowest BCUT2D eigenvalue weighted by atomic mass is 9.96. The molecule has 0 heterocycles. The topological polar surface area (TPSA) is 78.9 Å². The second kappa shape index (κ2) is 7.99. The van der Waals surface area contributed by atoms with E-state index in [1.807, 2.05) is 0 Å². The number of hydrogen-bond acceptors (Lipinski definition) is 3. The van der Waals surface area contributed by atoms with Gasteiger partial charge in [-0.3, -0.25) is 4.79 Å². The third kappa shape index (κ3) is 5.06. The molecule has 0 saturated heterocycles. The van der Waals surface area contributed by atoms with Gasteiger partial charge in [0, 0.05) is 33.9 Å². The fraction of sp³-hybridized carbons (Fsp3) is 0.846. The maximum atomic E-state index is 11.8. The Morgan fingerprint density at radius 1 is 1.42 bits per heavy atom. The number of hydrogen-bond donors (Lipinski definition) is 2. The highest BCUT2D eigenvalue weighted by atomic mass is 16.5. The minimum Gasteiger partial charge on any atom is -0.481 e. The lowest BCUT2D eigenvalue weighted by Gasteiger charge is -2.21. The van der Waals surface area contributed by atoms with Gasteiger partial charge in [0.15, 0.2) is 0 Å². The number of methoxy groups -OCH3 is 1. The number of amides is 2. The number of carboxylic acids is 1. The first-order chi connectivity index (χ1) is 9.06. The summed E-state index contributed by atoms with van der Waals surface area (Å²) in [6.07, 6.45) is 3.33. The van der Waals surface area contributed by atoms with Crippen LogP contribution in [0, 0.1) is 11.8 Å². The van der Waals surface area contributed by atoms with E-state index in [0.29, 0.717) is 19.7 Å². The Bertz CT molecular complexity index is 309. The summed E-state index contributed by atoms with van der Waals surface area (Å²) in [5.74, 6) is -0.988. The molecule has 2 amide bonds. The van der Waals surface area contributed by atoms with Crippen LogP contribution in [0.3, 0.4) is 0 Å². The van der Waals surface area contributed by atoms with E-state index < -0.39 is 5.97 Å². The third-order valence-corrected chi connectivity index (χ3v) is 3.68. The number of rotatable bonds is 7. The van der Waals surface area contributed by atoms with Gasteiger partial charge in [-0.1, -0.05) is 6.42 Å². The summed E-state index contributed by atoms with van der Waals surface area (Å²) < 4.78 is 4.93. The van der Waals surface area contributed by atoms with Crippen LogP contribution in [0.5, 0.6) is 0 Å². The van der Waals surface area contributed by atoms with Crippen LogP contribution in [0.2, 0.25) is 0 Å². The smallest absolute Gasteiger partial charge is 0.317 e. The average Bonchev–Trinajstić information content (AvgIpc) is 2.84. The van der Waals surface area contributed by atoms with Crippen LogP contribution in [0.4, 0.5) is 4.79 Å². The van der Waals surface area contributed by atoms with Gasteiger partial charge >= 0.3 is 12.0 Å². The number of urea groups is 1.